The number of rotatable bonds is 8. The highest BCUT2D eigenvalue weighted by atomic mass is 32.2. The molecule has 29 heavy (non-hydrogen) atoms. The van der Waals surface area contributed by atoms with Crippen LogP contribution in [-0.2, 0) is 0 Å². The minimum Gasteiger partial charge on any atom is -0.506 e. The number of phenolic OH excluding ortho intramolecular Hbond substituents is 1. The van der Waals surface area contributed by atoms with Crippen molar-refractivity contribution < 1.29 is 14.3 Å². The van der Waals surface area contributed by atoms with Crippen LogP contribution in [0.25, 0.3) is 11.1 Å². The van der Waals surface area contributed by atoms with Crippen LogP contribution < -0.4 is 10.6 Å². The van der Waals surface area contributed by atoms with E-state index in [9.17, 15) is 14.3 Å². The van der Waals surface area contributed by atoms with E-state index < -0.39 is 0 Å². The Labute approximate surface area is 174 Å². The Kier molecular flexibility index (Phi) is 7.53. The fraction of sp³-hybridized carbons (Fsp3) is 0.174. The van der Waals surface area contributed by atoms with Crippen LogP contribution in [0, 0.1) is 5.82 Å². The van der Waals surface area contributed by atoms with E-state index in [1.807, 2.05) is 18.2 Å². The van der Waals surface area contributed by atoms with Crippen molar-refractivity contribution in [2.24, 2.45) is 0 Å². The van der Waals surface area contributed by atoms with E-state index in [-0.39, 0.29) is 17.6 Å². The summed E-state index contributed by atoms with van der Waals surface area (Å²) in [5, 5.41) is 15.6. The minimum atomic E-state index is -0.356. The Morgan fingerprint density at radius 3 is 2.38 bits per heavy atom. The number of anilines is 1. The lowest BCUT2D eigenvalue weighted by atomic mass is 10.0. The summed E-state index contributed by atoms with van der Waals surface area (Å²) < 4.78 is 13.0. The van der Waals surface area contributed by atoms with Crippen LogP contribution in [0.1, 0.15) is 12.8 Å². The first kappa shape index (κ1) is 20.7. The van der Waals surface area contributed by atoms with Crippen molar-refractivity contribution in [1.82, 2.24) is 5.32 Å². The second kappa shape index (κ2) is 10.5. The molecule has 0 heterocycles. The fourth-order valence-corrected chi connectivity index (χ4v) is 3.70. The molecule has 0 spiro atoms. The van der Waals surface area contributed by atoms with Gasteiger partial charge in [-0.05, 0) is 66.1 Å². The average molecular weight is 411 g/mol. The molecule has 0 saturated carbocycles. The largest absolute Gasteiger partial charge is 0.506 e. The lowest BCUT2D eigenvalue weighted by molar-refractivity contribution is 0.252. The molecule has 4 nitrogen and oxygen atoms in total. The predicted octanol–water partition coefficient (Wildman–Crippen LogP) is 5.89. The van der Waals surface area contributed by atoms with Gasteiger partial charge in [0.2, 0.25) is 0 Å². The zero-order valence-corrected chi connectivity index (χ0v) is 16.7. The van der Waals surface area contributed by atoms with Crippen molar-refractivity contribution in [3.8, 4) is 16.9 Å². The monoisotopic (exact) mass is 410 g/mol. The highest BCUT2D eigenvalue weighted by Crippen LogP contribution is 2.30. The zero-order valence-electron chi connectivity index (χ0n) is 15.9. The van der Waals surface area contributed by atoms with Crippen molar-refractivity contribution in [2.45, 2.75) is 17.7 Å². The summed E-state index contributed by atoms with van der Waals surface area (Å²) in [5.41, 5.74) is 1.85. The normalized spacial score (nSPS) is 10.5. The topological polar surface area (TPSA) is 61.4 Å². The molecule has 0 radical (unpaired) electrons. The van der Waals surface area contributed by atoms with Gasteiger partial charge in [0.25, 0.3) is 0 Å². The SMILES string of the molecule is O=C(NCCCCSc1ccccc1)Nc1ccc(-c2ccc(F)cc2)cc1O. The van der Waals surface area contributed by atoms with E-state index in [1.54, 1.807) is 42.1 Å². The van der Waals surface area contributed by atoms with Gasteiger partial charge < -0.3 is 15.7 Å². The molecule has 0 aromatic heterocycles. The number of halogens is 1. The van der Waals surface area contributed by atoms with Gasteiger partial charge in [0.05, 0.1) is 5.69 Å². The molecule has 0 atom stereocenters. The van der Waals surface area contributed by atoms with Crippen molar-refractivity contribution in [1.29, 1.82) is 0 Å². The average Bonchev–Trinajstić information content (AvgIpc) is 2.73. The third-order valence-corrected chi connectivity index (χ3v) is 5.39. The molecule has 3 N–H and O–H groups in total. The Balaban J connectivity index is 1.40. The number of thioether (sulfide) groups is 1. The number of nitrogens with one attached hydrogen (secondary N) is 2. The third kappa shape index (κ3) is 6.54. The molecule has 0 aliphatic heterocycles. The van der Waals surface area contributed by atoms with Gasteiger partial charge in [-0.15, -0.1) is 11.8 Å². The molecule has 0 bridgehead atoms. The van der Waals surface area contributed by atoms with Gasteiger partial charge in [0.15, 0.2) is 0 Å². The summed E-state index contributed by atoms with van der Waals surface area (Å²) in [4.78, 5) is 13.3. The molecule has 3 aromatic carbocycles. The fourth-order valence-electron chi connectivity index (χ4n) is 2.76. The maximum Gasteiger partial charge on any atom is 0.319 e. The van der Waals surface area contributed by atoms with Crippen LogP contribution in [0.5, 0.6) is 5.75 Å². The molecule has 3 aromatic rings. The molecular weight excluding hydrogens is 387 g/mol. The summed E-state index contributed by atoms with van der Waals surface area (Å²) in [6.45, 7) is 0.565. The van der Waals surface area contributed by atoms with Crippen LogP contribution in [-0.4, -0.2) is 23.4 Å². The van der Waals surface area contributed by atoms with Crippen molar-refractivity contribution in [2.75, 3.05) is 17.6 Å². The molecule has 3 rings (SSSR count). The van der Waals surface area contributed by atoms with Crippen LogP contribution >= 0.6 is 11.8 Å². The maximum absolute atomic E-state index is 13.0. The van der Waals surface area contributed by atoms with Gasteiger partial charge in [-0.2, -0.15) is 0 Å². The first-order valence-corrected chi connectivity index (χ1v) is 10.4. The quantitative estimate of drug-likeness (QED) is 0.246. The first-order chi connectivity index (χ1) is 14.1. The maximum atomic E-state index is 13.0. The van der Waals surface area contributed by atoms with Crippen LogP contribution in [0.2, 0.25) is 0 Å². The van der Waals surface area contributed by atoms with Crippen LogP contribution in [0.4, 0.5) is 14.9 Å². The number of carbonyl (C=O) groups excluding carboxylic acids is 1. The number of hydrogen-bond acceptors (Lipinski definition) is 3. The Hall–Kier alpha value is -2.99. The summed E-state index contributed by atoms with van der Waals surface area (Å²) >= 11 is 1.80. The highest BCUT2D eigenvalue weighted by Gasteiger charge is 2.08. The summed E-state index contributed by atoms with van der Waals surface area (Å²) in [6, 6.07) is 20.8. The van der Waals surface area contributed by atoms with Gasteiger partial charge in [0.1, 0.15) is 11.6 Å². The first-order valence-electron chi connectivity index (χ1n) is 9.43. The number of aromatic hydroxyl groups is 1. The number of unbranched alkanes of at least 4 members (excludes halogenated alkanes) is 1. The summed E-state index contributed by atoms with van der Waals surface area (Å²) in [5.74, 6) is 0.645. The summed E-state index contributed by atoms with van der Waals surface area (Å²) in [6.07, 6.45) is 1.88. The number of hydrogen-bond donors (Lipinski definition) is 3. The zero-order chi connectivity index (χ0) is 20.5. The number of benzene rings is 3. The van der Waals surface area contributed by atoms with E-state index >= 15 is 0 Å². The van der Waals surface area contributed by atoms with E-state index in [2.05, 4.69) is 22.8 Å². The van der Waals surface area contributed by atoms with E-state index in [0.29, 0.717) is 12.2 Å². The highest BCUT2D eigenvalue weighted by molar-refractivity contribution is 7.99. The van der Waals surface area contributed by atoms with E-state index in [1.165, 1.54) is 17.0 Å². The van der Waals surface area contributed by atoms with Crippen molar-refractivity contribution in [3.63, 3.8) is 0 Å². The van der Waals surface area contributed by atoms with Gasteiger partial charge >= 0.3 is 6.03 Å². The second-order valence-electron chi connectivity index (χ2n) is 6.49. The van der Waals surface area contributed by atoms with Gasteiger partial charge in [0, 0.05) is 11.4 Å². The number of amides is 2. The Bertz CT molecular complexity index is 933. The van der Waals surface area contributed by atoms with Crippen LogP contribution in [0.3, 0.4) is 0 Å². The molecule has 0 aliphatic carbocycles. The molecular formula is C23H23FN2O2S. The minimum absolute atomic E-state index is 0.0405. The molecule has 0 fully saturated rings. The van der Waals surface area contributed by atoms with Gasteiger partial charge in [-0.25, -0.2) is 9.18 Å². The lowest BCUT2D eigenvalue weighted by Crippen LogP contribution is -2.29. The number of urea groups is 1. The van der Waals surface area contributed by atoms with E-state index in [0.717, 1.165) is 29.7 Å². The standard InChI is InChI=1S/C23H23FN2O2S/c24-19-11-8-17(9-12-19)18-10-13-21(22(27)16-18)26-23(28)25-14-4-5-15-29-20-6-2-1-3-7-20/h1-3,6-13,16,27H,4-5,14-15H2,(H2,25,26,28). The van der Waals surface area contributed by atoms with Gasteiger partial charge in [-0.1, -0.05) is 36.4 Å². The van der Waals surface area contributed by atoms with Crippen molar-refractivity contribution >= 4 is 23.5 Å². The second-order valence-corrected chi connectivity index (χ2v) is 7.66. The third-order valence-electron chi connectivity index (χ3n) is 4.29. The lowest BCUT2D eigenvalue weighted by Gasteiger charge is -2.10. The van der Waals surface area contributed by atoms with Crippen LogP contribution in [0.15, 0.2) is 77.7 Å². The molecule has 150 valence electrons. The molecule has 2 amide bonds. The smallest absolute Gasteiger partial charge is 0.319 e. The predicted molar refractivity (Wildman–Crippen MR) is 117 cm³/mol. The van der Waals surface area contributed by atoms with Crippen molar-refractivity contribution in [3.05, 3.63) is 78.6 Å². The number of carbonyl (C=O) groups is 1. The number of phenols is 1. The molecule has 0 unspecified atom stereocenters. The summed E-state index contributed by atoms with van der Waals surface area (Å²) in [7, 11) is 0. The van der Waals surface area contributed by atoms with Gasteiger partial charge in [-0.3, -0.25) is 0 Å². The molecule has 0 aliphatic rings. The van der Waals surface area contributed by atoms with E-state index in [4.69, 9.17) is 0 Å². The Morgan fingerprint density at radius 1 is 0.931 bits per heavy atom. The molecule has 0 saturated heterocycles. The molecule has 6 heteroatoms. The Morgan fingerprint density at radius 2 is 1.66 bits per heavy atom.